The van der Waals surface area contributed by atoms with Crippen LogP contribution in [-0.2, 0) is 4.79 Å². The topological polar surface area (TPSA) is 116 Å². The molecular weight excluding hydrogens is 346 g/mol. The van der Waals surface area contributed by atoms with Gasteiger partial charge < -0.3 is 10.4 Å². The average molecular weight is 365 g/mol. The molecule has 1 amide bonds. The molecule has 1 atom stereocenters. The van der Waals surface area contributed by atoms with Crippen LogP contribution in [0.15, 0.2) is 54.1 Å². The fourth-order valence-corrected chi connectivity index (χ4v) is 2.65. The standard InChI is InChI=1S/C20H19N3O4/c1-2-6-19(15-7-4-3-5-8-15)22-20(25)16(13-21)9-14-10-17(23(26)27)12-18(24)11-14/h3-5,7-12,19,24H,2,6H2,1H3,(H,22,25)/b16-9+/t19-/m0/s1. The molecule has 0 bridgehead atoms. The normalized spacial score (nSPS) is 12.1. The van der Waals surface area contributed by atoms with Crippen LogP contribution in [0.2, 0.25) is 0 Å². The molecule has 27 heavy (non-hydrogen) atoms. The predicted molar refractivity (Wildman–Crippen MR) is 101 cm³/mol. The van der Waals surface area contributed by atoms with Gasteiger partial charge in [-0.15, -0.1) is 0 Å². The van der Waals surface area contributed by atoms with E-state index in [2.05, 4.69) is 5.32 Å². The highest BCUT2D eigenvalue weighted by atomic mass is 16.6. The number of nitro groups is 1. The molecular formula is C20H19N3O4. The van der Waals surface area contributed by atoms with Crippen LogP contribution in [0.25, 0.3) is 6.08 Å². The SMILES string of the molecule is CCC[C@H](NC(=O)/C(C#N)=C/c1cc(O)cc([N+](=O)[O-])c1)c1ccccc1. The summed E-state index contributed by atoms with van der Waals surface area (Å²) in [5.74, 6) is -0.896. The van der Waals surface area contributed by atoms with E-state index < -0.39 is 10.8 Å². The lowest BCUT2D eigenvalue weighted by atomic mass is 10.0. The summed E-state index contributed by atoms with van der Waals surface area (Å²) in [4.78, 5) is 22.8. The number of phenols is 1. The zero-order valence-electron chi connectivity index (χ0n) is 14.8. The first kappa shape index (κ1) is 19.7. The second kappa shape index (κ2) is 9.15. The smallest absolute Gasteiger partial charge is 0.273 e. The summed E-state index contributed by atoms with van der Waals surface area (Å²) in [6.45, 7) is 2.00. The zero-order chi connectivity index (χ0) is 19.8. The molecule has 0 heterocycles. The largest absolute Gasteiger partial charge is 0.508 e. The number of carbonyl (C=O) groups excluding carboxylic acids is 1. The molecule has 0 fully saturated rings. The van der Waals surface area contributed by atoms with Gasteiger partial charge in [0.25, 0.3) is 11.6 Å². The zero-order valence-corrected chi connectivity index (χ0v) is 14.8. The van der Waals surface area contributed by atoms with Gasteiger partial charge >= 0.3 is 0 Å². The highest BCUT2D eigenvalue weighted by Crippen LogP contribution is 2.24. The van der Waals surface area contributed by atoms with Gasteiger partial charge in [0.15, 0.2) is 0 Å². The van der Waals surface area contributed by atoms with Gasteiger partial charge in [-0.05, 0) is 29.7 Å². The molecule has 0 unspecified atom stereocenters. The Morgan fingerprint density at radius 2 is 2.04 bits per heavy atom. The number of hydrogen-bond donors (Lipinski definition) is 2. The van der Waals surface area contributed by atoms with Gasteiger partial charge in [0.05, 0.1) is 17.0 Å². The quantitative estimate of drug-likeness (QED) is 0.334. The Balaban J connectivity index is 2.28. The maximum absolute atomic E-state index is 12.5. The molecule has 2 N–H and O–H groups in total. The van der Waals surface area contributed by atoms with Crippen LogP contribution < -0.4 is 5.32 Å². The van der Waals surface area contributed by atoms with Crippen molar-refractivity contribution in [2.45, 2.75) is 25.8 Å². The minimum Gasteiger partial charge on any atom is -0.508 e. The summed E-state index contributed by atoms with van der Waals surface area (Å²) < 4.78 is 0. The van der Waals surface area contributed by atoms with Crippen molar-refractivity contribution >= 4 is 17.7 Å². The number of nitrogens with zero attached hydrogens (tertiary/aromatic N) is 2. The number of amides is 1. The second-order valence-electron chi connectivity index (χ2n) is 5.94. The van der Waals surface area contributed by atoms with E-state index in [0.29, 0.717) is 6.42 Å². The number of aromatic hydroxyl groups is 1. The van der Waals surface area contributed by atoms with E-state index in [1.54, 1.807) is 0 Å². The molecule has 0 aliphatic rings. The van der Waals surface area contributed by atoms with Crippen LogP contribution in [-0.4, -0.2) is 15.9 Å². The Labute approximate surface area is 156 Å². The van der Waals surface area contributed by atoms with Gasteiger partial charge in [-0.25, -0.2) is 0 Å². The highest BCUT2D eigenvalue weighted by molar-refractivity contribution is 6.02. The maximum Gasteiger partial charge on any atom is 0.273 e. The Hall–Kier alpha value is -3.66. The molecule has 138 valence electrons. The van der Waals surface area contributed by atoms with E-state index in [9.17, 15) is 25.3 Å². The third-order valence-electron chi connectivity index (χ3n) is 3.90. The number of rotatable bonds is 7. The van der Waals surface area contributed by atoms with Crippen LogP contribution in [0.5, 0.6) is 5.75 Å². The number of nitro benzene ring substituents is 1. The lowest BCUT2D eigenvalue weighted by Gasteiger charge is -2.18. The molecule has 0 saturated heterocycles. The molecule has 0 aliphatic heterocycles. The fraction of sp³-hybridized carbons (Fsp3) is 0.200. The maximum atomic E-state index is 12.5. The van der Waals surface area contributed by atoms with Gasteiger partial charge in [-0.3, -0.25) is 14.9 Å². The van der Waals surface area contributed by atoms with E-state index in [-0.39, 0.29) is 28.6 Å². The molecule has 0 spiro atoms. The third kappa shape index (κ3) is 5.41. The van der Waals surface area contributed by atoms with Crippen molar-refractivity contribution in [3.63, 3.8) is 0 Å². The number of nitriles is 1. The van der Waals surface area contributed by atoms with Crippen LogP contribution in [0.3, 0.4) is 0 Å². The van der Waals surface area contributed by atoms with Gasteiger partial charge in [-0.1, -0.05) is 43.7 Å². The Morgan fingerprint density at radius 3 is 2.63 bits per heavy atom. The number of nitrogens with one attached hydrogen (secondary N) is 1. The number of benzene rings is 2. The number of non-ortho nitro benzene ring substituents is 1. The van der Waals surface area contributed by atoms with Gasteiger partial charge in [0.2, 0.25) is 0 Å². The number of hydrogen-bond acceptors (Lipinski definition) is 5. The molecule has 0 saturated carbocycles. The first-order chi connectivity index (χ1) is 12.9. The summed E-state index contributed by atoms with van der Waals surface area (Å²) in [5.41, 5.74) is 0.595. The van der Waals surface area contributed by atoms with Crippen LogP contribution in [0.1, 0.15) is 36.9 Å². The summed E-state index contributed by atoms with van der Waals surface area (Å²) in [7, 11) is 0. The molecule has 7 heteroatoms. The van der Waals surface area contributed by atoms with Gasteiger partial charge in [-0.2, -0.15) is 5.26 Å². The second-order valence-corrected chi connectivity index (χ2v) is 5.94. The average Bonchev–Trinajstić information content (AvgIpc) is 2.65. The Bertz CT molecular complexity index is 901. The van der Waals surface area contributed by atoms with Crippen molar-refractivity contribution in [2.75, 3.05) is 0 Å². The van der Waals surface area contributed by atoms with Gasteiger partial charge in [0.1, 0.15) is 17.4 Å². The summed E-state index contributed by atoms with van der Waals surface area (Å²) in [6.07, 6.45) is 2.76. The lowest BCUT2D eigenvalue weighted by molar-refractivity contribution is -0.384. The molecule has 0 radical (unpaired) electrons. The fourth-order valence-electron chi connectivity index (χ4n) is 2.65. The number of carbonyl (C=O) groups is 1. The molecule has 2 aromatic carbocycles. The minimum atomic E-state index is -0.657. The van der Waals surface area contributed by atoms with E-state index in [0.717, 1.165) is 18.1 Å². The van der Waals surface area contributed by atoms with E-state index >= 15 is 0 Å². The molecule has 7 nitrogen and oxygen atoms in total. The summed E-state index contributed by atoms with van der Waals surface area (Å²) in [6, 6.07) is 14.4. The first-order valence-electron chi connectivity index (χ1n) is 8.40. The van der Waals surface area contributed by atoms with Crippen molar-refractivity contribution in [3.05, 3.63) is 75.3 Å². The molecule has 2 aromatic rings. The minimum absolute atomic E-state index is 0.195. The monoisotopic (exact) mass is 365 g/mol. The molecule has 2 rings (SSSR count). The third-order valence-corrected chi connectivity index (χ3v) is 3.90. The summed E-state index contributed by atoms with van der Waals surface area (Å²) >= 11 is 0. The van der Waals surface area contributed by atoms with Crippen molar-refractivity contribution in [2.24, 2.45) is 0 Å². The van der Waals surface area contributed by atoms with Crippen LogP contribution in [0.4, 0.5) is 5.69 Å². The predicted octanol–water partition coefficient (Wildman–Crippen LogP) is 3.86. The first-order valence-corrected chi connectivity index (χ1v) is 8.40. The van der Waals surface area contributed by atoms with Crippen LogP contribution >= 0.6 is 0 Å². The summed E-state index contributed by atoms with van der Waals surface area (Å²) in [5, 5.41) is 32.7. The van der Waals surface area contributed by atoms with Crippen molar-refractivity contribution in [1.29, 1.82) is 5.26 Å². The van der Waals surface area contributed by atoms with Crippen molar-refractivity contribution in [1.82, 2.24) is 5.32 Å². The van der Waals surface area contributed by atoms with Crippen LogP contribution in [0, 0.1) is 21.4 Å². The Kier molecular flexibility index (Phi) is 6.67. The lowest BCUT2D eigenvalue weighted by Crippen LogP contribution is -2.29. The molecule has 0 aliphatic carbocycles. The number of phenolic OH excluding ortho intramolecular Hbond substituents is 1. The Morgan fingerprint density at radius 1 is 1.33 bits per heavy atom. The van der Waals surface area contributed by atoms with E-state index in [1.807, 2.05) is 43.3 Å². The van der Waals surface area contributed by atoms with E-state index in [4.69, 9.17) is 0 Å². The van der Waals surface area contributed by atoms with Gasteiger partial charge in [0, 0.05) is 6.07 Å². The van der Waals surface area contributed by atoms with Crippen molar-refractivity contribution in [3.8, 4) is 11.8 Å². The van der Waals surface area contributed by atoms with Crippen molar-refractivity contribution < 1.29 is 14.8 Å². The highest BCUT2D eigenvalue weighted by Gasteiger charge is 2.17. The molecule has 0 aromatic heterocycles. The van der Waals surface area contributed by atoms with E-state index in [1.165, 1.54) is 18.2 Å².